The van der Waals surface area contributed by atoms with Gasteiger partial charge in [-0.1, -0.05) is 48.5 Å². The molecule has 7 nitrogen and oxygen atoms in total. The maximum atomic E-state index is 10.7. The molecule has 0 saturated heterocycles. The Morgan fingerprint density at radius 2 is 1.72 bits per heavy atom. The van der Waals surface area contributed by atoms with Gasteiger partial charge in [-0.05, 0) is 35.7 Å². The molecule has 0 heterocycles. The second-order valence-corrected chi connectivity index (χ2v) is 6.94. The minimum absolute atomic E-state index is 0.0261. The predicted octanol–water partition coefficient (Wildman–Crippen LogP) is 4.52. The first kappa shape index (κ1) is 22.7. The van der Waals surface area contributed by atoms with E-state index in [0.29, 0.717) is 29.4 Å². The van der Waals surface area contributed by atoms with Crippen molar-refractivity contribution >= 4 is 11.7 Å². The Morgan fingerprint density at radius 3 is 2.38 bits per heavy atom. The van der Waals surface area contributed by atoms with Crippen LogP contribution in [-0.2, 0) is 22.7 Å². The lowest BCUT2D eigenvalue weighted by molar-refractivity contribution is -0.136. The number of aromatic hydroxyl groups is 1. The average Bonchev–Trinajstić information content (AvgIpc) is 2.81. The molecule has 3 rings (SSSR count). The molecule has 0 radical (unpaired) electrons. The molecule has 3 N–H and O–H groups in total. The van der Waals surface area contributed by atoms with Crippen LogP contribution in [0.1, 0.15) is 23.1 Å². The van der Waals surface area contributed by atoms with Gasteiger partial charge in [0.05, 0.1) is 7.11 Å². The number of hydrogen-bond acceptors (Lipinski definition) is 6. The molecular formula is C25H25NO6. The fourth-order valence-electron chi connectivity index (χ4n) is 2.92. The third kappa shape index (κ3) is 6.78. The van der Waals surface area contributed by atoms with Crippen LogP contribution in [0, 0.1) is 0 Å². The number of rotatable bonds is 11. The Kier molecular flexibility index (Phi) is 8.11. The number of hydrogen-bond donors (Lipinski definition) is 3. The highest BCUT2D eigenvalue weighted by Gasteiger charge is 2.07. The topological polar surface area (TPSA) is 97.2 Å². The summed E-state index contributed by atoms with van der Waals surface area (Å²) < 4.78 is 11.5. The Labute approximate surface area is 186 Å². The molecule has 3 aromatic rings. The van der Waals surface area contributed by atoms with Gasteiger partial charge in [-0.15, -0.1) is 0 Å². The number of phenolic OH excluding ortho intramolecular Hbond substituents is 1. The van der Waals surface area contributed by atoms with Gasteiger partial charge in [-0.2, -0.15) is 0 Å². The normalized spacial score (nSPS) is 11.1. The van der Waals surface area contributed by atoms with E-state index < -0.39 is 5.97 Å². The minimum Gasteiger partial charge on any atom is -0.508 e. The van der Waals surface area contributed by atoms with Gasteiger partial charge in [0.2, 0.25) is 0 Å². The zero-order valence-corrected chi connectivity index (χ0v) is 17.7. The van der Waals surface area contributed by atoms with E-state index in [1.807, 2.05) is 54.6 Å². The van der Waals surface area contributed by atoms with Gasteiger partial charge in [0.25, 0.3) is 0 Å². The van der Waals surface area contributed by atoms with Gasteiger partial charge in [0.1, 0.15) is 35.8 Å². The molecule has 0 aromatic heterocycles. The fraction of sp³-hybridized carbons (Fsp3) is 0.160. The highest BCUT2D eigenvalue weighted by atomic mass is 16.6. The van der Waals surface area contributed by atoms with Crippen LogP contribution >= 0.6 is 0 Å². The zero-order chi connectivity index (χ0) is 22.8. The Balaban J connectivity index is 1.56. The molecule has 0 amide bonds. The Morgan fingerprint density at radius 1 is 1.00 bits per heavy atom. The number of carboxylic acid groups (broad SMARTS) is 1. The summed E-state index contributed by atoms with van der Waals surface area (Å²) in [7, 11) is 1.54. The number of nitrogens with one attached hydrogen (secondary N) is 1. The minimum atomic E-state index is -0.904. The summed E-state index contributed by atoms with van der Waals surface area (Å²) in [6.07, 6.45) is 1.81. The van der Waals surface area contributed by atoms with E-state index >= 15 is 0 Å². The third-order valence-electron chi connectivity index (χ3n) is 4.60. The molecule has 0 fully saturated rings. The van der Waals surface area contributed by atoms with Crippen molar-refractivity contribution in [3.05, 3.63) is 95.7 Å². The number of hydroxylamine groups is 1. The van der Waals surface area contributed by atoms with E-state index in [2.05, 4.69) is 5.48 Å². The second kappa shape index (κ2) is 11.4. The standard InChI is InChI=1S/C25H25NO6/c1-30-26-23(19-5-3-2-4-6-19)17-32-21-11-7-18(8-12-21)16-31-22-13-9-20(24(27)15-22)10-14-25(28)29/h2-9,11-13,15,17,26-27H,10,14,16H2,1H3,(H,28,29). The first-order valence-corrected chi connectivity index (χ1v) is 10.0. The van der Waals surface area contributed by atoms with Gasteiger partial charge in [0, 0.05) is 18.1 Å². The highest BCUT2D eigenvalue weighted by Crippen LogP contribution is 2.25. The molecule has 0 aliphatic rings. The molecule has 0 aliphatic carbocycles. The van der Waals surface area contributed by atoms with E-state index in [9.17, 15) is 9.90 Å². The maximum absolute atomic E-state index is 10.7. The molecule has 7 heteroatoms. The van der Waals surface area contributed by atoms with Crippen LogP contribution in [0.25, 0.3) is 5.70 Å². The van der Waals surface area contributed by atoms with Crippen molar-refractivity contribution in [3.63, 3.8) is 0 Å². The first-order chi connectivity index (χ1) is 15.5. The number of aryl methyl sites for hydroxylation is 1. The second-order valence-electron chi connectivity index (χ2n) is 6.94. The summed E-state index contributed by atoms with van der Waals surface area (Å²) in [5.74, 6) is 0.278. The molecule has 0 unspecified atom stereocenters. The lowest BCUT2D eigenvalue weighted by atomic mass is 10.1. The van der Waals surface area contributed by atoms with Crippen molar-refractivity contribution in [2.24, 2.45) is 0 Å². The maximum Gasteiger partial charge on any atom is 0.303 e. The fourth-order valence-corrected chi connectivity index (χ4v) is 2.92. The number of carbonyl (C=O) groups is 1. The molecule has 0 saturated carbocycles. The number of phenols is 1. The molecule has 3 aromatic carbocycles. The Bertz CT molecular complexity index is 1050. The molecular weight excluding hydrogens is 410 g/mol. The van der Waals surface area contributed by atoms with Crippen LogP contribution in [0.5, 0.6) is 17.2 Å². The van der Waals surface area contributed by atoms with Crippen LogP contribution in [0.3, 0.4) is 0 Å². The summed E-state index contributed by atoms with van der Waals surface area (Å²) in [6.45, 7) is 0.310. The lowest BCUT2D eigenvalue weighted by Crippen LogP contribution is -2.11. The van der Waals surface area contributed by atoms with E-state index in [1.165, 1.54) is 13.2 Å². The number of aliphatic carboxylic acids is 1. The number of ether oxygens (including phenoxy) is 2. The number of carboxylic acids is 1. The molecule has 0 spiro atoms. The van der Waals surface area contributed by atoms with E-state index in [1.54, 1.807) is 18.4 Å². The SMILES string of the molecule is CONC(=COc1ccc(COc2ccc(CCC(=O)O)c(O)c2)cc1)c1ccccc1. The van der Waals surface area contributed by atoms with E-state index in [0.717, 1.165) is 11.1 Å². The van der Waals surface area contributed by atoms with Gasteiger partial charge in [-0.3, -0.25) is 15.1 Å². The van der Waals surface area contributed by atoms with Crippen molar-refractivity contribution in [1.29, 1.82) is 0 Å². The van der Waals surface area contributed by atoms with Crippen LogP contribution in [0.15, 0.2) is 79.1 Å². The summed E-state index contributed by atoms with van der Waals surface area (Å²) in [4.78, 5) is 15.7. The average molecular weight is 435 g/mol. The van der Waals surface area contributed by atoms with Crippen molar-refractivity contribution in [1.82, 2.24) is 5.48 Å². The smallest absolute Gasteiger partial charge is 0.303 e. The molecule has 0 atom stereocenters. The van der Waals surface area contributed by atoms with E-state index in [4.69, 9.17) is 19.4 Å². The quantitative estimate of drug-likeness (QED) is 0.301. The van der Waals surface area contributed by atoms with Crippen molar-refractivity contribution in [2.45, 2.75) is 19.4 Å². The zero-order valence-electron chi connectivity index (χ0n) is 17.7. The van der Waals surface area contributed by atoms with Gasteiger partial charge in [0.15, 0.2) is 0 Å². The van der Waals surface area contributed by atoms with Gasteiger partial charge >= 0.3 is 5.97 Å². The van der Waals surface area contributed by atoms with Gasteiger partial charge < -0.3 is 19.7 Å². The number of benzene rings is 3. The molecule has 0 bridgehead atoms. The van der Waals surface area contributed by atoms with Crippen LogP contribution in [0.2, 0.25) is 0 Å². The van der Waals surface area contributed by atoms with E-state index in [-0.39, 0.29) is 18.6 Å². The van der Waals surface area contributed by atoms with Crippen molar-refractivity contribution < 1.29 is 29.3 Å². The molecule has 0 aliphatic heterocycles. The predicted molar refractivity (Wildman–Crippen MR) is 120 cm³/mol. The molecule has 166 valence electrons. The first-order valence-electron chi connectivity index (χ1n) is 10.0. The summed E-state index contributed by atoms with van der Waals surface area (Å²) in [5.41, 5.74) is 5.92. The Hall–Kier alpha value is -3.97. The highest BCUT2D eigenvalue weighted by molar-refractivity contribution is 5.67. The van der Waals surface area contributed by atoms with Crippen molar-refractivity contribution in [3.8, 4) is 17.2 Å². The van der Waals surface area contributed by atoms with Crippen LogP contribution in [-0.4, -0.2) is 23.3 Å². The monoisotopic (exact) mass is 435 g/mol. The third-order valence-corrected chi connectivity index (χ3v) is 4.60. The van der Waals surface area contributed by atoms with Crippen LogP contribution < -0.4 is 15.0 Å². The van der Waals surface area contributed by atoms with Crippen LogP contribution in [0.4, 0.5) is 0 Å². The molecule has 32 heavy (non-hydrogen) atoms. The largest absolute Gasteiger partial charge is 0.508 e. The summed E-state index contributed by atoms with van der Waals surface area (Å²) >= 11 is 0. The lowest BCUT2D eigenvalue weighted by Gasteiger charge is -2.11. The van der Waals surface area contributed by atoms with Gasteiger partial charge in [-0.25, -0.2) is 0 Å². The van der Waals surface area contributed by atoms with Crippen molar-refractivity contribution in [2.75, 3.05) is 7.11 Å². The summed E-state index contributed by atoms with van der Waals surface area (Å²) in [5, 5.41) is 18.8. The summed E-state index contributed by atoms with van der Waals surface area (Å²) in [6, 6.07) is 22.0.